The lowest BCUT2D eigenvalue weighted by Crippen LogP contribution is -2.35. The Labute approximate surface area is 86.6 Å². The zero-order valence-electron chi connectivity index (χ0n) is 9.33. The summed E-state index contributed by atoms with van der Waals surface area (Å²) >= 11 is 0. The number of rotatable bonds is 4. The van der Waals surface area contributed by atoms with Gasteiger partial charge in [-0.1, -0.05) is 13.3 Å². The second-order valence-electron chi connectivity index (χ2n) is 4.29. The SMILES string of the molecule is CCC(CN)CC(=O)N1CCCC1C. The minimum Gasteiger partial charge on any atom is -0.340 e. The van der Waals surface area contributed by atoms with E-state index in [-0.39, 0.29) is 0 Å². The number of amides is 1. The molecule has 0 aromatic rings. The van der Waals surface area contributed by atoms with E-state index in [2.05, 4.69) is 13.8 Å². The Morgan fingerprint density at radius 2 is 2.36 bits per heavy atom. The van der Waals surface area contributed by atoms with E-state index in [0.29, 0.717) is 30.8 Å². The average molecular weight is 198 g/mol. The van der Waals surface area contributed by atoms with Crippen molar-refractivity contribution < 1.29 is 4.79 Å². The Balaban J connectivity index is 2.40. The van der Waals surface area contributed by atoms with E-state index in [0.717, 1.165) is 25.8 Å². The molecule has 82 valence electrons. The Hall–Kier alpha value is -0.570. The summed E-state index contributed by atoms with van der Waals surface area (Å²) in [5, 5.41) is 0. The first-order valence-corrected chi connectivity index (χ1v) is 5.68. The quantitative estimate of drug-likeness (QED) is 0.741. The zero-order valence-corrected chi connectivity index (χ0v) is 9.33. The third-order valence-electron chi connectivity index (χ3n) is 3.25. The maximum atomic E-state index is 11.9. The van der Waals surface area contributed by atoms with Crippen LogP contribution >= 0.6 is 0 Å². The molecule has 1 heterocycles. The predicted octanol–water partition coefficient (Wildman–Crippen LogP) is 1.37. The Bertz CT molecular complexity index is 190. The van der Waals surface area contributed by atoms with Crippen LogP contribution in [0.4, 0.5) is 0 Å². The van der Waals surface area contributed by atoms with Crippen LogP contribution in [0.15, 0.2) is 0 Å². The largest absolute Gasteiger partial charge is 0.340 e. The molecule has 2 N–H and O–H groups in total. The van der Waals surface area contributed by atoms with Gasteiger partial charge in [-0.05, 0) is 32.2 Å². The van der Waals surface area contributed by atoms with Crippen LogP contribution in [0.25, 0.3) is 0 Å². The Morgan fingerprint density at radius 3 is 2.79 bits per heavy atom. The minimum atomic E-state index is 0.298. The maximum Gasteiger partial charge on any atom is 0.223 e. The second kappa shape index (κ2) is 5.35. The molecule has 0 spiro atoms. The molecule has 1 aliphatic heterocycles. The molecule has 2 unspecified atom stereocenters. The van der Waals surface area contributed by atoms with E-state index < -0.39 is 0 Å². The minimum absolute atomic E-state index is 0.298. The molecule has 14 heavy (non-hydrogen) atoms. The molecule has 0 bridgehead atoms. The van der Waals surface area contributed by atoms with Gasteiger partial charge in [0.2, 0.25) is 5.91 Å². The highest BCUT2D eigenvalue weighted by molar-refractivity contribution is 5.77. The van der Waals surface area contributed by atoms with Crippen molar-refractivity contribution in [2.75, 3.05) is 13.1 Å². The van der Waals surface area contributed by atoms with Gasteiger partial charge in [0.05, 0.1) is 0 Å². The lowest BCUT2D eigenvalue weighted by atomic mass is 10.0. The molecule has 1 saturated heterocycles. The Morgan fingerprint density at radius 1 is 1.64 bits per heavy atom. The summed E-state index contributed by atoms with van der Waals surface area (Å²) in [5.74, 6) is 0.669. The number of hydrogen-bond donors (Lipinski definition) is 1. The molecule has 3 heteroatoms. The summed E-state index contributed by atoms with van der Waals surface area (Å²) in [6.45, 7) is 5.80. The average Bonchev–Trinajstić information content (AvgIpc) is 2.60. The summed E-state index contributed by atoms with van der Waals surface area (Å²) in [4.78, 5) is 13.9. The molecule has 3 nitrogen and oxygen atoms in total. The topological polar surface area (TPSA) is 46.3 Å². The van der Waals surface area contributed by atoms with Crippen LogP contribution in [-0.4, -0.2) is 29.9 Å². The molecule has 1 rings (SSSR count). The first kappa shape index (κ1) is 11.5. The van der Waals surface area contributed by atoms with Crippen LogP contribution in [0, 0.1) is 5.92 Å². The number of carbonyl (C=O) groups is 1. The fourth-order valence-electron chi connectivity index (χ4n) is 2.06. The van der Waals surface area contributed by atoms with Gasteiger partial charge in [-0.25, -0.2) is 0 Å². The molecular weight excluding hydrogens is 176 g/mol. The third kappa shape index (κ3) is 2.71. The molecule has 2 atom stereocenters. The van der Waals surface area contributed by atoms with Crippen molar-refractivity contribution in [1.82, 2.24) is 4.90 Å². The lowest BCUT2D eigenvalue weighted by Gasteiger charge is -2.23. The van der Waals surface area contributed by atoms with Gasteiger partial charge in [0.1, 0.15) is 0 Å². The standard InChI is InChI=1S/C11H22N2O/c1-3-10(8-12)7-11(14)13-6-4-5-9(13)2/h9-10H,3-8,12H2,1-2H3. The van der Waals surface area contributed by atoms with Crippen molar-refractivity contribution in [3.63, 3.8) is 0 Å². The molecule has 0 aromatic carbocycles. The lowest BCUT2D eigenvalue weighted by molar-refractivity contribution is -0.132. The van der Waals surface area contributed by atoms with Crippen molar-refractivity contribution >= 4 is 5.91 Å². The maximum absolute atomic E-state index is 11.9. The van der Waals surface area contributed by atoms with Gasteiger partial charge in [-0.15, -0.1) is 0 Å². The fourth-order valence-corrected chi connectivity index (χ4v) is 2.06. The first-order chi connectivity index (χ1) is 6.69. The summed E-state index contributed by atoms with van der Waals surface area (Å²) in [7, 11) is 0. The van der Waals surface area contributed by atoms with Crippen LogP contribution in [-0.2, 0) is 4.79 Å². The van der Waals surface area contributed by atoms with Crippen molar-refractivity contribution in [2.45, 2.75) is 45.6 Å². The molecular formula is C11H22N2O. The highest BCUT2D eigenvalue weighted by Gasteiger charge is 2.25. The van der Waals surface area contributed by atoms with Gasteiger partial charge in [-0.2, -0.15) is 0 Å². The summed E-state index contributed by atoms with van der Waals surface area (Å²) < 4.78 is 0. The number of nitrogens with zero attached hydrogens (tertiary/aromatic N) is 1. The van der Waals surface area contributed by atoms with Gasteiger partial charge >= 0.3 is 0 Å². The predicted molar refractivity (Wildman–Crippen MR) is 57.9 cm³/mol. The number of likely N-dealkylation sites (tertiary alicyclic amines) is 1. The van der Waals surface area contributed by atoms with Gasteiger partial charge in [0.15, 0.2) is 0 Å². The highest BCUT2D eigenvalue weighted by Crippen LogP contribution is 2.19. The van der Waals surface area contributed by atoms with Crippen LogP contribution in [0.3, 0.4) is 0 Å². The molecule has 0 radical (unpaired) electrons. The smallest absolute Gasteiger partial charge is 0.223 e. The van der Waals surface area contributed by atoms with Crippen LogP contribution in [0.2, 0.25) is 0 Å². The molecule has 1 amide bonds. The molecule has 1 aliphatic rings. The van der Waals surface area contributed by atoms with Crippen molar-refractivity contribution in [3.05, 3.63) is 0 Å². The van der Waals surface area contributed by atoms with Crippen molar-refractivity contribution in [1.29, 1.82) is 0 Å². The van der Waals surface area contributed by atoms with E-state index >= 15 is 0 Å². The zero-order chi connectivity index (χ0) is 10.6. The number of hydrogen-bond acceptors (Lipinski definition) is 2. The fraction of sp³-hybridized carbons (Fsp3) is 0.909. The molecule has 0 aliphatic carbocycles. The van der Waals surface area contributed by atoms with Gasteiger partial charge in [0.25, 0.3) is 0 Å². The monoisotopic (exact) mass is 198 g/mol. The van der Waals surface area contributed by atoms with Crippen LogP contribution in [0.1, 0.15) is 39.5 Å². The van der Waals surface area contributed by atoms with Crippen molar-refractivity contribution in [3.8, 4) is 0 Å². The summed E-state index contributed by atoms with van der Waals surface area (Å²) in [6.07, 6.45) is 3.96. The number of carbonyl (C=O) groups excluding carboxylic acids is 1. The molecule has 0 saturated carbocycles. The first-order valence-electron chi connectivity index (χ1n) is 5.68. The summed E-state index contributed by atoms with van der Waals surface area (Å²) in [6, 6.07) is 0.442. The highest BCUT2D eigenvalue weighted by atomic mass is 16.2. The summed E-state index contributed by atoms with van der Waals surface area (Å²) in [5.41, 5.74) is 5.59. The van der Waals surface area contributed by atoms with E-state index in [4.69, 9.17) is 5.73 Å². The van der Waals surface area contributed by atoms with Crippen LogP contribution in [0.5, 0.6) is 0 Å². The Kier molecular flexibility index (Phi) is 4.39. The molecule has 0 aromatic heterocycles. The number of nitrogens with two attached hydrogens (primary N) is 1. The van der Waals surface area contributed by atoms with E-state index in [1.54, 1.807) is 0 Å². The van der Waals surface area contributed by atoms with E-state index in [9.17, 15) is 4.79 Å². The van der Waals surface area contributed by atoms with E-state index in [1.165, 1.54) is 0 Å². The molecule has 1 fully saturated rings. The van der Waals surface area contributed by atoms with Crippen LogP contribution < -0.4 is 5.73 Å². The third-order valence-corrected chi connectivity index (χ3v) is 3.25. The second-order valence-corrected chi connectivity index (χ2v) is 4.29. The van der Waals surface area contributed by atoms with Gasteiger partial charge in [-0.3, -0.25) is 4.79 Å². The van der Waals surface area contributed by atoms with E-state index in [1.807, 2.05) is 4.90 Å². The van der Waals surface area contributed by atoms with Gasteiger partial charge < -0.3 is 10.6 Å². The van der Waals surface area contributed by atoms with Gasteiger partial charge in [0, 0.05) is 19.0 Å². The normalized spacial score (nSPS) is 23.9. The van der Waals surface area contributed by atoms with Crippen molar-refractivity contribution in [2.24, 2.45) is 11.7 Å².